The van der Waals surface area contributed by atoms with E-state index in [0.29, 0.717) is 30.7 Å². The zero-order valence-corrected chi connectivity index (χ0v) is 16.4. The number of benzene rings is 1. The Morgan fingerprint density at radius 2 is 2.11 bits per heavy atom. The second-order valence-electron chi connectivity index (χ2n) is 7.20. The summed E-state index contributed by atoms with van der Waals surface area (Å²) in [4.78, 5) is 4.72. The monoisotopic (exact) mass is 388 g/mol. The maximum Gasteiger partial charge on any atom is 0.167 e. The lowest BCUT2D eigenvalue weighted by atomic mass is 9.93. The highest BCUT2D eigenvalue weighted by Crippen LogP contribution is 2.43. The molecule has 0 amide bonds. The van der Waals surface area contributed by atoms with Crippen LogP contribution < -0.4 is 10.1 Å². The summed E-state index contributed by atoms with van der Waals surface area (Å²) in [6.07, 6.45) is 5.72. The van der Waals surface area contributed by atoms with Crippen LogP contribution in [0.3, 0.4) is 0 Å². The third-order valence-electron chi connectivity index (χ3n) is 5.03. The minimum absolute atomic E-state index is 0.0442. The topological polar surface area (TPSA) is 54.4 Å². The maximum absolute atomic E-state index is 14.5. The van der Waals surface area contributed by atoms with Crippen LogP contribution in [-0.4, -0.2) is 23.2 Å². The lowest BCUT2D eigenvalue weighted by Crippen LogP contribution is -2.18. The number of hydrogen-bond donors (Lipinski definition) is 2. The van der Waals surface area contributed by atoms with E-state index in [1.165, 1.54) is 0 Å². The fraction of sp³-hybridized carbons (Fsp3) is 0.409. The number of nitrogens with one attached hydrogen (secondary N) is 1. The molecule has 150 valence electrons. The second kappa shape index (κ2) is 8.59. The molecule has 0 saturated carbocycles. The van der Waals surface area contributed by atoms with Gasteiger partial charge in [-0.2, -0.15) is 0 Å². The fourth-order valence-electron chi connectivity index (χ4n) is 3.53. The first-order valence-corrected chi connectivity index (χ1v) is 9.66. The van der Waals surface area contributed by atoms with Gasteiger partial charge in [0.05, 0.1) is 6.61 Å². The van der Waals surface area contributed by atoms with Gasteiger partial charge in [0, 0.05) is 41.3 Å². The van der Waals surface area contributed by atoms with Crippen molar-refractivity contribution in [1.29, 1.82) is 0 Å². The molecule has 0 fully saturated rings. The number of phenols is 1. The Balaban J connectivity index is 2.12. The molecule has 0 radical (unpaired) electrons. The van der Waals surface area contributed by atoms with E-state index in [1.807, 2.05) is 32.2 Å². The molecule has 0 bridgehead atoms. The van der Waals surface area contributed by atoms with Crippen molar-refractivity contribution < 1.29 is 18.6 Å². The summed E-state index contributed by atoms with van der Waals surface area (Å²) in [5.74, 6) is -1.58. The number of halogens is 2. The number of pyridine rings is 1. The molecule has 28 heavy (non-hydrogen) atoms. The first-order valence-electron chi connectivity index (χ1n) is 9.66. The number of nitrogens with zero attached hydrogens (tertiary/aromatic N) is 1. The number of phenolic OH excluding ortho intramolecular Hbond substituents is 1. The largest absolute Gasteiger partial charge is 0.505 e. The first-order chi connectivity index (χ1) is 13.5. The van der Waals surface area contributed by atoms with Crippen LogP contribution in [0.4, 0.5) is 8.78 Å². The average Bonchev–Trinajstić information content (AvgIpc) is 3.04. The van der Waals surface area contributed by atoms with Gasteiger partial charge in [-0.3, -0.25) is 0 Å². The predicted molar refractivity (Wildman–Crippen MR) is 106 cm³/mol. The van der Waals surface area contributed by atoms with E-state index in [4.69, 9.17) is 9.72 Å². The van der Waals surface area contributed by atoms with Gasteiger partial charge < -0.3 is 15.2 Å². The molecule has 0 aliphatic carbocycles. The van der Waals surface area contributed by atoms with Crippen LogP contribution >= 0.6 is 0 Å². The molecule has 1 aromatic carbocycles. The van der Waals surface area contributed by atoms with E-state index >= 15 is 0 Å². The molecule has 6 heteroatoms. The maximum atomic E-state index is 14.5. The van der Waals surface area contributed by atoms with Gasteiger partial charge in [0.1, 0.15) is 17.3 Å². The standard InChI is InChI=1S/C22H26F2N2O2/c1-4-6-14(11-25-7-5-2)19-8-15-13(3)12-28-22(15)21(26-19)16-9-20(27)18(24)10-17(16)23/h5,7-10,13-14,25,27H,4,6,11-12H2,1-3H3. The zero-order chi connectivity index (χ0) is 20.3. The van der Waals surface area contributed by atoms with E-state index in [9.17, 15) is 13.9 Å². The number of aromatic hydroxyl groups is 1. The van der Waals surface area contributed by atoms with Crippen molar-refractivity contribution >= 4 is 0 Å². The summed E-state index contributed by atoms with van der Waals surface area (Å²) >= 11 is 0. The van der Waals surface area contributed by atoms with Gasteiger partial charge in [0.15, 0.2) is 11.6 Å². The Kier molecular flexibility index (Phi) is 6.17. The summed E-state index contributed by atoms with van der Waals surface area (Å²) in [5.41, 5.74) is 2.17. The normalized spacial score (nSPS) is 16.8. The first kappa shape index (κ1) is 20.1. The molecule has 2 aromatic rings. The van der Waals surface area contributed by atoms with Crippen molar-refractivity contribution in [3.63, 3.8) is 0 Å². The average molecular weight is 388 g/mol. The van der Waals surface area contributed by atoms with Gasteiger partial charge in [-0.15, -0.1) is 0 Å². The number of allylic oxidation sites excluding steroid dienone is 1. The van der Waals surface area contributed by atoms with Crippen molar-refractivity contribution in [3.05, 3.63) is 53.4 Å². The summed E-state index contributed by atoms with van der Waals surface area (Å²) in [7, 11) is 0. The third kappa shape index (κ3) is 3.96. The highest BCUT2D eigenvalue weighted by Gasteiger charge is 2.29. The molecule has 1 aliphatic rings. The van der Waals surface area contributed by atoms with E-state index in [2.05, 4.69) is 12.2 Å². The number of fused-ring (bicyclic) bond motifs is 1. The third-order valence-corrected chi connectivity index (χ3v) is 5.03. The van der Waals surface area contributed by atoms with Gasteiger partial charge in [0.2, 0.25) is 0 Å². The molecule has 1 aliphatic heterocycles. The Bertz CT molecular complexity index is 883. The van der Waals surface area contributed by atoms with Crippen LogP contribution in [0.1, 0.15) is 56.7 Å². The Labute approximate surface area is 164 Å². The highest BCUT2D eigenvalue weighted by molar-refractivity contribution is 5.71. The number of aromatic nitrogens is 1. The number of ether oxygens (including phenoxy) is 1. The molecule has 0 saturated heterocycles. The van der Waals surface area contributed by atoms with Gasteiger partial charge in [-0.25, -0.2) is 13.8 Å². The molecular weight excluding hydrogens is 362 g/mol. The molecule has 1 aromatic heterocycles. The number of rotatable bonds is 7. The molecule has 2 atom stereocenters. The summed E-state index contributed by atoms with van der Waals surface area (Å²) < 4.78 is 33.9. The van der Waals surface area contributed by atoms with Crippen molar-refractivity contribution in [1.82, 2.24) is 10.3 Å². The lowest BCUT2D eigenvalue weighted by Gasteiger charge is -2.19. The van der Waals surface area contributed by atoms with Crippen LogP contribution in [0.5, 0.6) is 11.5 Å². The van der Waals surface area contributed by atoms with Crippen molar-refractivity contribution in [2.45, 2.75) is 45.4 Å². The fourth-order valence-corrected chi connectivity index (χ4v) is 3.53. The summed E-state index contributed by atoms with van der Waals surface area (Å²) in [6, 6.07) is 3.80. The van der Waals surface area contributed by atoms with Gasteiger partial charge in [0.25, 0.3) is 0 Å². The predicted octanol–water partition coefficient (Wildman–Crippen LogP) is 5.24. The van der Waals surface area contributed by atoms with Gasteiger partial charge in [-0.05, 0) is 31.7 Å². The van der Waals surface area contributed by atoms with Crippen molar-refractivity contribution in [2.75, 3.05) is 13.2 Å². The zero-order valence-electron chi connectivity index (χ0n) is 16.4. The summed E-state index contributed by atoms with van der Waals surface area (Å²) in [6.45, 7) is 7.29. The van der Waals surface area contributed by atoms with Crippen molar-refractivity contribution in [3.8, 4) is 22.8 Å². The summed E-state index contributed by atoms with van der Waals surface area (Å²) in [5, 5.41) is 13.0. The van der Waals surface area contributed by atoms with E-state index in [1.54, 1.807) is 0 Å². The lowest BCUT2D eigenvalue weighted by molar-refractivity contribution is 0.337. The molecule has 2 N–H and O–H groups in total. The Morgan fingerprint density at radius 1 is 1.32 bits per heavy atom. The number of hydrogen-bond acceptors (Lipinski definition) is 4. The second-order valence-corrected chi connectivity index (χ2v) is 7.20. The van der Waals surface area contributed by atoms with Crippen LogP contribution in [0.15, 0.2) is 30.5 Å². The van der Waals surface area contributed by atoms with E-state index in [-0.39, 0.29) is 17.4 Å². The Hall–Kier alpha value is -2.63. The minimum atomic E-state index is -0.997. The molecular formula is C22H26F2N2O2. The quantitative estimate of drug-likeness (QED) is 0.681. The van der Waals surface area contributed by atoms with Gasteiger partial charge in [-0.1, -0.05) is 26.3 Å². The van der Waals surface area contributed by atoms with Crippen LogP contribution in [0.25, 0.3) is 11.3 Å². The van der Waals surface area contributed by atoms with Crippen LogP contribution in [0, 0.1) is 11.6 Å². The highest BCUT2D eigenvalue weighted by atomic mass is 19.1. The Morgan fingerprint density at radius 3 is 2.82 bits per heavy atom. The minimum Gasteiger partial charge on any atom is -0.505 e. The van der Waals surface area contributed by atoms with E-state index in [0.717, 1.165) is 30.2 Å². The molecule has 0 spiro atoms. The molecule has 4 nitrogen and oxygen atoms in total. The SMILES string of the molecule is CC=CNCC(CCC)c1cc2c(c(-c3cc(O)c(F)cc3F)n1)OCC2C. The van der Waals surface area contributed by atoms with Gasteiger partial charge >= 0.3 is 0 Å². The van der Waals surface area contributed by atoms with Crippen molar-refractivity contribution in [2.24, 2.45) is 0 Å². The smallest absolute Gasteiger partial charge is 0.167 e. The molecule has 2 heterocycles. The molecule has 3 rings (SSSR count). The van der Waals surface area contributed by atoms with Crippen LogP contribution in [0.2, 0.25) is 0 Å². The molecule has 2 unspecified atom stereocenters. The van der Waals surface area contributed by atoms with Crippen LogP contribution in [-0.2, 0) is 0 Å². The van der Waals surface area contributed by atoms with E-state index < -0.39 is 17.4 Å².